The van der Waals surface area contributed by atoms with Crippen LogP contribution in [0.3, 0.4) is 0 Å². The molecule has 0 radical (unpaired) electrons. The van der Waals surface area contributed by atoms with Crippen LogP contribution in [-0.4, -0.2) is 74.6 Å². The molecule has 35 heavy (non-hydrogen) atoms. The summed E-state index contributed by atoms with van der Waals surface area (Å²) < 4.78 is 39.7. The van der Waals surface area contributed by atoms with Gasteiger partial charge in [-0.25, -0.2) is 9.97 Å². The summed E-state index contributed by atoms with van der Waals surface area (Å²) in [5.74, 6) is 0.0811. The number of nitrogens with one attached hydrogen (secondary N) is 1. The van der Waals surface area contributed by atoms with Crippen molar-refractivity contribution in [2.45, 2.75) is 82.9 Å². The Morgan fingerprint density at radius 2 is 1.91 bits per heavy atom. The quantitative estimate of drug-likeness (QED) is 0.635. The monoisotopic (exact) mass is 493 g/mol. The Morgan fingerprint density at radius 1 is 1.17 bits per heavy atom. The van der Waals surface area contributed by atoms with Crippen LogP contribution in [0, 0.1) is 5.92 Å². The second kappa shape index (κ2) is 9.89. The van der Waals surface area contributed by atoms with E-state index >= 15 is 0 Å². The highest BCUT2D eigenvalue weighted by Crippen LogP contribution is 2.37. The van der Waals surface area contributed by atoms with E-state index < -0.39 is 23.9 Å². The minimum absolute atomic E-state index is 0.0353. The Kier molecular flexibility index (Phi) is 7.24. The number of nitrogens with zero attached hydrogens (tertiary/aromatic N) is 4. The van der Waals surface area contributed by atoms with Crippen LogP contribution in [0.25, 0.3) is 10.9 Å². The smallest absolute Gasteiger partial charge is 0.393 e. The molecule has 4 rings (SSSR count). The summed E-state index contributed by atoms with van der Waals surface area (Å²) in [7, 11) is 2.10. The van der Waals surface area contributed by atoms with Crippen LogP contribution in [-0.2, 0) is 11.0 Å². The van der Waals surface area contributed by atoms with E-state index in [0.717, 1.165) is 31.4 Å². The second-order valence-corrected chi connectivity index (χ2v) is 10.2. The summed E-state index contributed by atoms with van der Waals surface area (Å²) in [6.07, 6.45) is -0.667. The van der Waals surface area contributed by atoms with Gasteiger partial charge in [-0.3, -0.25) is 4.79 Å². The van der Waals surface area contributed by atoms with Gasteiger partial charge in [-0.05, 0) is 71.7 Å². The molecule has 2 fully saturated rings. The predicted molar refractivity (Wildman–Crippen MR) is 128 cm³/mol. The Hall–Kier alpha value is -2.46. The molecule has 0 spiro atoms. The number of fused-ring (bicyclic) bond motifs is 1. The van der Waals surface area contributed by atoms with Gasteiger partial charge in [0.2, 0.25) is 5.91 Å². The number of carbonyl (C=O) groups excluding carboxylic acids is 1. The van der Waals surface area contributed by atoms with E-state index in [1.54, 1.807) is 6.92 Å². The third-order valence-corrected chi connectivity index (χ3v) is 7.76. The van der Waals surface area contributed by atoms with Crippen LogP contribution in [0.15, 0.2) is 24.5 Å². The lowest BCUT2D eigenvalue weighted by atomic mass is 9.77. The highest BCUT2D eigenvalue weighted by molar-refractivity contribution is 5.93. The number of hydrogen-bond donors (Lipinski definition) is 2. The summed E-state index contributed by atoms with van der Waals surface area (Å²) in [5.41, 5.74) is -0.412. The SMILES string of the molecule is CC(O)[C@H]1C[C@H](N(C)C(C)C)CC[C@@H]1N1CCC(Nc2ncnc3ccc(C(F)(F)F)cc23)C1=O. The zero-order valence-electron chi connectivity index (χ0n) is 20.6. The van der Waals surface area contributed by atoms with Crippen molar-refractivity contribution in [3.8, 4) is 0 Å². The summed E-state index contributed by atoms with van der Waals surface area (Å²) in [5, 5.41) is 13.9. The fraction of sp³-hybridized carbons (Fsp3) is 0.640. The van der Waals surface area contributed by atoms with Gasteiger partial charge in [0.25, 0.3) is 0 Å². The molecule has 1 aliphatic carbocycles. The molecule has 2 heterocycles. The number of aliphatic hydroxyl groups excluding tert-OH is 1. The van der Waals surface area contributed by atoms with Crippen molar-refractivity contribution in [1.29, 1.82) is 0 Å². The maximum absolute atomic E-state index is 13.4. The van der Waals surface area contributed by atoms with Crippen LogP contribution >= 0.6 is 0 Å². The molecule has 1 aromatic carbocycles. The Bertz CT molecular complexity index is 1060. The number of hydrogen-bond acceptors (Lipinski definition) is 6. The van der Waals surface area contributed by atoms with Crippen molar-refractivity contribution in [1.82, 2.24) is 19.8 Å². The summed E-state index contributed by atoms with van der Waals surface area (Å²) >= 11 is 0. The number of aliphatic hydroxyl groups is 1. The number of aromatic nitrogens is 2. The lowest BCUT2D eigenvalue weighted by Crippen LogP contribution is -2.53. The molecule has 2 N–H and O–H groups in total. The van der Waals surface area contributed by atoms with Gasteiger partial charge < -0.3 is 20.2 Å². The first-order chi connectivity index (χ1) is 16.5. The molecule has 7 nitrogen and oxygen atoms in total. The van der Waals surface area contributed by atoms with Crippen molar-refractivity contribution in [2.24, 2.45) is 5.92 Å². The van der Waals surface area contributed by atoms with Gasteiger partial charge in [-0.1, -0.05) is 0 Å². The summed E-state index contributed by atoms with van der Waals surface area (Å²) in [6.45, 7) is 6.62. The number of amides is 1. The molecule has 1 aliphatic heterocycles. The molecule has 2 aromatic rings. The first-order valence-electron chi connectivity index (χ1n) is 12.3. The van der Waals surface area contributed by atoms with Gasteiger partial charge >= 0.3 is 6.18 Å². The van der Waals surface area contributed by atoms with Crippen molar-refractivity contribution in [3.05, 3.63) is 30.1 Å². The zero-order chi connectivity index (χ0) is 25.5. The van der Waals surface area contributed by atoms with E-state index in [9.17, 15) is 23.1 Å². The molecule has 10 heteroatoms. The average molecular weight is 494 g/mol. The fourth-order valence-electron chi connectivity index (χ4n) is 5.54. The van der Waals surface area contributed by atoms with Crippen LogP contribution in [0.5, 0.6) is 0 Å². The van der Waals surface area contributed by atoms with Crippen LogP contribution < -0.4 is 5.32 Å². The minimum atomic E-state index is -4.49. The van der Waals surface area contributed by atoms with E-state index in [2.05, 4.69) is 41.1 Å². The number of halogens is 3. The minimum Gasteiger partial charge on any atom is -0.393 e. The number of alkyl halides is 3. The van der Waals surface area contributed by atoms with Crippen molar-refractivity contribution >= 4 is 22.6 Å². The lowest BCUT2D eigenvalue weighted by Gasteiger charge is -2.45. The molecule has 1 aromatic heterocycles. The molecule has 192 valence electrons. The van der Waals surface area contributed by atoms with Gasteiger partial charge in [-0.2, -0.15) is 13.2 Å². The molecule has 0 bridgehead atoms. The van der Waals surface area contributed by atoms with Crippen LogP contribution in [0.1, 0.15) is 52.0 Å². The third-order valence-electron chi connectivity index (χ3n) is 7.76. The van der Waals surface area contributed by atoms with E-state index in [1.165, 1.54) is 12.4 Å². The molecule has 1 amide bonds. The van der Waals surface area contributed by atoms with E-state index in [1.807, 2.05) is 4.90 Å². The number of benzene rings is 1. The largest absolute Gasteiger partial charge is 0.416 e. The van der Waals surface area contributed by atoms with Gasteiger partial charge in [0.15, 0.2) is 0 Å². The van der Waals surface area contributed by atoms with Gasteiger partial charge in [0.1, 0.15) is 18.2 Å². The van der Waals surface area contributed by atoms with Crippen molar-refractivity contribution < 1.29 is 23.1 Å². The maximum Gasteiger partial charge on any atom is 0.416 e. The van der Waals surface area contributed by atoms with Crippen LogP contribution in [0.4, 0.5) is 19.0 Å². The Balaban J connectivity index is 1.52. The zero-order valence-corrected chi connectivity index (χ0v) is 20.6. The Morgan fingerprint density at radius 3 is 2.57 bits per heavy atom. The van der Waals surface area contributed by atoms with Crippen LogP contribution in [0.2, 0.25) is 0 Å². The molecular formula is C25H34F3N5O2. The lowest BCUT2D eigenvalue weighted by molar-refractivity contribution is -0.137. The Labute approximate surface area is 203 Å². The molecule has 2 unspecified atom stereocenters. The molecular weight excluding hydrogens is 459 g/mol. The third kappa shape index (κ3) is 5.23. The molecule has 1 saturated carbocycles. The number of rotatable bonds is 6. The highest BCUT2D eigenvalue weighted by Gasteiger charge is 2.44. The number of likely N-dealkylation sites (tertiary alicyclic amines) is 1. The molecule has 1 saturated heterocycles. The van der Waals surface area contributed by atoms with E-state index in [0.29, 0.717) is 30.6 Å². The molecule has 5 atom stereocenters. The van der Waals surface area contributed by atoms with E-state index in [4.69, 9.17) is 0 Å². The first-order valence-corrected chi connectivity index (χ1v) is 12.3. The van der Waals surface area contributed by atoms with Crippen molar-refractivity contribution in [3.63, 3.8) is 0 Å². The second-order valence-electron chi connectivity index (χ2n) is 10.2. The summed E-state index contributed by atoms with van der Waals surface area (Å²) in [4.78, 5) is 25.8. The van der Waals surface area contributed by atoms with E-state index in [-0.39, 0.29) is 29.1 Å². The normalized spacial score (nSPS) is 26.7. The van der Waals surface area contributed by atoms with Crippen molar-refractivity contribution in [2.75, 3.05) is 18.9 Å². The highest BCUT2D eigenvalue weighted by atomic mass is 19.4. The van der Waals surface area contributed by atoms with Gasteiger partial charge in [0, 0.05) is 36.0 Å². The maximum atomic E-state index is 13.4. The number of carbonyl (C=O) groups is 1. The fourth-order valence-corrected chi connectivity index (χ4v) is 5.54. The molecule has 2 aliphatic rings. The number of anilines is 1. The average Bonchev–Trinajstić information content (AvgIpc) is 3.17. The topological polar surface area (TPSA) is 81.6 Å². The standard InChI is InChI=1S/C25H34F3N5O2/c1-14(2)32(4)17-6-8-22(18(12-17)15(3)34)33-10-9-21(24(33)35)31-23-19-11-16(25(26,27)28)5-7-20(19)29-13-30-23/h5,7,11,13-15,17-18,21-22,34H,6,8-10,12H2,1-4H3,(H,29,30,31)/t15?,17-,18-,21?,22+/m1/s1. The first kappa shape index (κ1) is 25.6. The van der Waals surface area contributed by atoms with Gasteiger partial charge in [0.05, 0.1) is 17.2 Å². The predicted octanol–water partition coefficient (Wildman–Crippen LogP) is 3.92. The van der Waals surface area contributed by atoms with Gasteiger partial charge in [-0.15, -0.1) is 0 Å². The summed E-state index contributed by atoms with van der Waals surface area (Å²) in [6, 6.07) is 3.42.